The molecule has 0 saturated heterocycles. The summed E-state index contributed by atoms with van der Waals surface area (Å²) in [4.78, 5) is 19.5. The maximum Gasteiger partial charge on any atom is 0.237 e. The zero-order valence-electron chi connectivity index (χ0n) is 16.9. The van der Waals surface area contributed by atoms with E-state index in [9.17, 15) is 4.79 Å². The van der Waals surface area contributed by atoms with Crippen molar-refractivity contribution in [3.8, 4) is 0 Å². The van der Waals surface area contributed by atoms with Gasteiger partial charge in [0, 0.05) is 21.6 Å². The van der Waals surface area contributed by atoms with E-state index in [1.54, 1.807) is 11.8 Å². The van der Waals surface area contributed by atoms with Crippen LogP contribution in [-0.4, -0.2) is 30.7 Å². The Morgan fingerprint density at radius 1 is 1.03 bits per heavy atom. The lowest BCUT2D eigenvalue weighted by atomic mass is 10.3. The van der Waals surface area contributed by atoms with Gasteiger partial charge < -0.3 is 5.32 Å². The summed E-state index contributed by atoms with van der Waals surface area (Å²) in [6, 6.07) is 19.8. The highest BCUT2D eigenvalue weighted by Crippen LogP contribution is 2.34. The summed E-state index contributed by atoms with van der Waals surface area (Å²) in [5.74, 6) is 0.713. The van der Waals surface area contributed by atoms with Gasteiger partial charge >= 0.3 is 0 Å². The molecule has 0 aliphatic heterocycles. The number of nitrogens with one attached hydrogen (secondary N) is 1. The number of amides is 1. The summed E-state index contributed by atoms with van der Waals surface area (Å²) < 4.78 is 1.88. The second-order valence-electron chi connectivity index (χ2n) is 6.78. The molecule has 0 spiro atoms. The summed E-state index contributed by atoms with van der Waals surface area (Å²) in [6.45, 7) is 5.70. The highest BCUT2D eigenvalue weighted by atomic mass is 32.2. The van der Waals surface area contributed by atoms with Crippen molar-refractivity contribution in [3.05, 3.63) is 72.2 Å². The van der Waals surface area contributed by atoms with Crippen LogP contribution in [0.25, 0.3) is 5.65 Å². The van der Waals surface area contributed by atoms with Crippen LogP contribution in [0.2, 0.25) is 0 Å². The average molecular weight is 436 g/mol. The second kappa shape index (κ2) is 8.89. The van der Waals surface area contributed by atoms with E-state index in [4.69, 9.17) is 0 Å². The minimum absolute atomic E-state index is 0.0874. The first-order valence-electron chi connectivity index (χ1n) is 9.50. The molecular formula is C22H21N5OS2. The zero-order chi connectivity index (χ0) is 21.1. The highest BCUT2D eigenvalue weighted by Gasteiger charge is 2.20. The fourth-order valence-corrected chi connectivity index (χ4v) is 4.82. The summed E-state index contributed by atoms with van der Waals surface area (Å²) in [5.41, 5.74) is 2.42. The van der Waals surface area contributed by atoms with Gasteiger partial charge in [-0.05, 0) is 45.0 Å². The van der Waals surface area contributed by atoms with Crippen molar-refractivity contribution in [2.75, 3.05) is 5.32 Å². The number of aryl methyl sites for hydroxylation is 2. The third kappa shape index (κ3) is 4.49. The minimum Gasteiger partial charge on any atom is -0.324 e. The lowest BCUT2D eigenvalue weighted by Gasteiger charge is -2.14. The largest absolute Gasteiger partial charge is 0.324 e. The molecule has 0 radical (unpaired) electrons. The van der Waals surface area contributed by atoms with Crippen LogP contribution in [0.4, 0.5) is 5.69 Å². The van der Waals surface area contributed by atoms with E-state index in [1.165, 1.54) is 11.8 Å². The highest BCUT2D eigenvalue weighted by molar-refractivity contribution is 8.00. The maximum absolute atomic E-state index is 12.9. The summed E-state index contributed by atoms with van der Waals surface area (Å²) in [5, 5.41) is 11.8. The first-order chi connectivity index (χ1) is 14.5. The number of anilines is 1. The van der Waals surface area contributed by atoms with Crippen molar-refractivity contribution in [1.82, 2.24) is 19.6 Å². The van der Waals surface area contributed by atoms with Crippen molar-refractivity contribution in [1.29, 1.82) is 0 Å². The van der Waals surface area contributed by atoms with E-state index in [1.807, 2.05) is 73.7 Å². The summed E-state index contributed by atoms with van der Waals surface area (Å²) in [6.07, 6.45) is 0. The Hall–Kier alpha value is -2.84. The van der Waals surface area contributed by atoms with Gasteiger partial charge in [0.05, 0.1) is 10.9 Å². The van der Waals surface area contributed by atoms with Crippen molar-refractivity contribution in [3.63, 3.8) is 0 Å². The van der Waals surface area contributed by atoms with Crippen LogP contribution in [0.5, 0.6) is 0 Å². The zero-order valence-corrected chi connectivity index (χ0v) is 18.5. The quantitative estimate of drug-likeness (QED) is 0.429. The molecule has 1 N–H and O–H groups in total. The maximum atomic E-state index is 12.9. The molecule has 0 aliphatic rings. The number of hydrogen-bond donors (Lipinski definition) is 1. The Morgan fingerprint density at radius 2 is 1.77 bits per heavy atom. The number of nitrogens with zero attached hydrogens (tertiary/aromatic N) is 4. The average Bonchev–Trinajstić information content (AvgIpc) is 3.13. The smallest absolute Gasteiger partial charge is 0.237 e. The van der Waals surface area contributed by atoms with E-state index in [0.29, 0.717) is 5.16 Å². The Labute approximate surface area is 183 Å². The lowest BCUT2D eigenvalue weighted by molar-refractivity contribution is -0.115. The van der Waals surface area contributed by atoms with Crippen LogP contribution in [0, 0.1) is 13.8 Å². The SMILES string of the molecule is Cc1cc2nnc(SC(C)C(=O)Nc3ccccc3Sc3ccccc3)n2c(C)n1. The molecule has 2 aromatic heterocycles. The van der Waals surface area contributed by atoms with Gasteiger partial charge in [0.15, 0.2) is 10.8 Å². The number of rotatable bonds is 6. The molecule has 4 aromatic rings. The van der Waals surface area contributed by atoms with Crippen LogP contribution >= 0.6 is 23.5 Å². The number of carbonyl (C=O) groups is 1. The van der Waals surface area contributed by atoms with Crippen molar-refractivity contribution >= 4 is 40.8 Å². The third-order valence-corrected chi connectivity index (χ3v) is 6.55. The summed E-state index contributed by atoms with van der Waals surface area (Å²) in [7, 11) is 0. The monoisotopic (exact) mass is 435 g/mol. The van der Waals surface area contributed by atoms with E-state index < -0.39 is 0 Å². The lowest BCUT2D eigenvalue weighted by Crippen LogP contribution is -2.23. The van der Waals surface area contributed by atoms with Crippen LogP contribution < -0.4 is 5.32 Å². The Kier molecular flexibility index (Phi) is 6.06. The molecule has 0 bridgehead atoms. The van der Waals surface area contributed by atoms with Crippen LogP contribution in [0.1, 0.15) is 18.4 Å². The molecule has 4 rings (SSSR count). The van der Waals surface area contributed by atoms with Gasteiger partial charge in [-0.2, -0.15) is 0 Å². The fraction of sp³-hybridized carbons (Fsp3) is 0.182. The van der Waals surface area contributed by atoms with Crippen LogP contribution in [0.3, 0.4) is 0 Å². The number of fused-ring (bicyclic) bond motifs is 1. The van der Waals surface area contributed by atoms with Crippen LogP contribution in [0.15, 0.2) is 75.6 Å². The van der Waals surface area contributed by atoms with Gasteiger partial charge in [-0.15, -0.1) is 10.2 Å². The third-order valence-electron chi connectivity index (χ3n) is 4.43. The first kappa shape index (κ1) is 20.4. The molecular weight excluding hydrogens is 414 g/mol. The fourth-order valence-electron chi connectivity index (χ4n) is 3.00. The second-order valence-corrected chi connectivity index (χ2v) is 9.20. The number of para-hydroxylation sites is 1. The summed E-state index contributed by atoms with van der Waals surface area (Å²) >= 11 is 2.99. The topological polar surface area (TPSA) is 72.2 Å². The van der Waals surface area contributed by atoms with Gasteiger partial charge in [-0.3, -0.25) is 9.20 Å². The number of aromatic nitrogens is 4. The van der Waals surface area contributed by atoms with Gasteiger partial charge in [-0.1, -0.05) is 53.9 Å². The molecule has 0 fully saturated rings. The Bertz CT molecular complexity index is 1190. The number of carbonyl (C=O) groups excluding carboxylic acids is 1. The molecule has 1 atom stereocenters. The van der Waals surface area contributed by atoms with Gasteiger partial charge in [-0.25, -0.2) is 4.98 Å². The predicted molar refractivity (Wildman–Crippen MR) is 121 cm³/mol. The molecule has 0 aliphatic carbocycles. The van der Waals surface area contributed by atoms with Gasteiger partial charge in [0.1, 0.15) is 5.82 Å². The normalized spacial score (nSPS) is 12.1. The number of benzene rings is 2. The first-order valence-corrected chi connectivity index (χ1v) is 11.2. The van der Waals surface area contributed by atoms with Gasteiger partial charge in [0.25, 0.3) is 0 Å². The minimum atomic E-state index is -0.354. The molecule has 152 valence electrons. The molecule has 0 saturated carbocycles. The molecule has 6 nitrogen and oxygen atoms in total. The predicted octanol–water partition coefficient (Wildman–Crippen LogP) is 5.01. The Balaban J connectivity index is 1.50. The van der Waals surface area contributed by atoms with Gasteiger partial charge in [0.2, 0.25) is 5.91 Å². The van der Waals surface area contributed by atoms with Crippen LogP contribution in [-0.2, 0) is 4.79 Å². The molecule has 1 unspecified atom stereocenters. The number of thioether (sulfide) groups is 1. The molecule has 2 heterocycles. The molecule has 1 amide bonds. The van der Waals surface area contributed by atoms with E-state index in [0.717, 1.165) is 32.6 Å². The molecule has 8 heteroatoms. The van der Waals surface area contributed by atoms with E-state index >= 15 is 0 Å². The standard InChI is InChI=1S/C22H21N5OS2/c1-14-13-20-25-26-22(27(20)16(3)23-14)29-15(2)21(28)24-18-11-7-8-12-19(18)30-17-9-5-4-6-10-17/h4-13,15H,1-3H3,(H,24,28). The van der Waals surface area contributed by atoms with E-state index in [2.05, 4.69) is 32.6 Å². The van der Waals surface area contributed by atoms with E-state index in [-0.39, 0.29) is 11.2 Å². The number of hydrogen-bond acceptors (Lipinski definition) is 6. The molecule has 30 heavy (non-hydrogen) atoms. The Morgan fingerprint density at radius 3 is 2.57 bits per heavy atom. The van der Waals surface area contributed by atoms with Crippen molar-refractivity contribution < 1.29 is 4.79 Å². The molecule has 2 aromatic carbocycles. The van der Waals surface area contributed by atoms with Crippen molar-refractivity contribution in [2.24, 2.45) is 0 Å². The van der Waals surface area contributed by atoms with Crippen molar-refractivity contribution in [2.45, 2.75) is 41.0 Å².